The van der Waals surface area contributed by atoms with Gasteiger partial charge < -0.3 is 5.32 Å². The Bertz CT molecular complexity index is 298. The minimum absolute atomic E-state index is 0.495. The highest BCUT2D eigenvalue weighted by Gasteiger charge is 2.11. The topological polar surface area (TPSA) is 42.7 Å². The van der Waals surface area contributed by atoms with E-state index in [0.29, 0.717) is 11.3 Å². The summed E-state index contributed by atoms with van der Waals surface area (Å²) in [4.78, 5) is 0. The molecule has 1 aromatic rings. The van der Waals surface area contributed by atoms with E-state index in [9.17, 15) is 0 Å². The van der Waals surface area contributed by atoms with Crippen LogP contribution in [0.3, 0.4) is 0 Å². The van der Waals surface area contributed by atoms with E-state index >= 15 is 0 Å². The van der Waals surface area contributed by atoms with Crippen molar-refractivity contribution < 1.29 is 0 Å². The third-order valence-electron chi connectivity index (χ3n) is 2.23. The molecule has 92 valence electrons. The van der Waals surface area contributed by atoms with E-state index in [-0.39, 0.29) is 0 Å². The van der Waals surface area contributed by atoms with Gasteiger partial charge in [-0.05, 0) is 11.8 Å². The third-order valence-corrected chi connectivity index (χ3v) is 3.49. The fraction of sp³-hybridized carbons (Fsp3) is 0.818. The molecule has 0 bridgehead atoms. The second kappa shape index (κ2) is 6.91. The molecule has 0 saturated heterocycles. The second-order valence-electron chi connectivity index (χ2n) is 4.22. The van der Waals surface area contributed by atoms with Crippen LogP contribution < -0.4 is 5.32 Å². The molecule has 0 aromatic carbocycles. The number of thioether (sulfide) groups is 1. The van der Waals surface area contributed by atoms with Crippen molar-refractivity contribution in [2.24, 2.45) is 7.05 Å². The van der Waals surface area contributed by atoms with E-state index in [1.54, 1.807) is 4.68 Å². The van der Waals surface area contributed by atoms with Gasteiger partial charge in [0.1, 0.15) is 0 Å². The Hall–Kier alpha value is -0.550. The van der Waals surface area contributed by atoms with Crippen molar-refractivity contribution >= 4 is 11.8 Å². The molecule has 0 saturated carbocycles. The first kappa shape index (κ1) is 13.5. The molecule has 1 atom stereocenters. The minimum atomic E-state index is 0.495. The van der Waals surface area contributed by atoms with Crippen LogP contribution in [-0.4, -0.2) is 38.6 Å². The van der Waals surface area contributed by atoms with E-state index in [0.717, 1.165) is 24.4 Å². The van der Waals surface area contributed by atoms with Crippen LogP contribution in [0, 0.1) is 0 Å². The maximum Gasteiger partial charge on any atom is 0.0842 e. The van der Waals surface area contributed by atoms with Gasteiger partial charge in [-0.3, -0.25) is 4.68 Å². The molecule has 0 fully saturated rings. The lowest BCUT2D eigenvalue weighted by Gasteiger charge is -2.17. The number of likely N-dealkylation sites (N-methyl/N-ethyl adjacent to an activating group) is 1. The lowest BCUT2D eigenvalue weighted by atomic mass is 10.2. The number of aryl methyl sites for hydroxylation is 1. The summed E-state index contributed by atoms with van der Waals surface area (Å²) in [5.41, 5.74) is 1.07. The number of rotatable bonds is 7. The van der Waals surface area contributed by atoms with Gasteiger partial charge >= 0.3 is 0 Å². The zero-order valence-electron chi connectivity index (χ0n) is 10.6. The van der Waals surface area contributed by atoms with Crippen LogP contribution in [0.1, 0.15) is 26.5 Å². The molecule has 1 N–H and O–H groups in total. The van der Waals surface area contributed by atoms with Crippen molar-refractivity contribution in [2.75, 3.05) is 12.3 Å². The van der Waals surface area contributed by atoms with Crippen molar-refractivity contribution in [3.8, 4) is 0 Å². The summed E-state index contributed by atoms with van der Waals surface area (Å²) in [6, 6.07) is 0.495. The summed E-state index contributed by atoms with van der Waals surface area (Å²) in [5.74, 6) is 1.13. The lowest BCUT2D eigenvalue weighted by Crippen LogP contribution is -2.33. The van der Waals surface area contributed by atoms with Gasteiger partial charge in [-0.15, -0.1) is 5.10 Å². The van der Waals surface area contributed by atoms with E-state index in [1.807, 2.05) is 25.0 Å². The molecule has 1 unspecified atom stereocenters. The molecule has 1 aromatic heterocycles. The molecule has 5 heteroatoms. The van der Waals surface area contributed by atoms with Gasteiger partial charge in [0.15, 0.2) is 0 Å². The quantitative estimate of drug-likeness (QED) is 0.786. The Balaban J connectivity index is 2.43. The molecule has 1 rings (SSSR count). The van der Waals surface area contributed by atoms with Crippen LogP contribution in [0.5, 0.6) is 0 Å². The van der Waals surface area contributed by atoms with E-state index in [4.69, 9.17) is 0 Å². The fourth-order valence-corrected chi connectivity index (χ4v) is 2.38. The van der Waals surface area contributed by atoms with Crippen LogP contribution in [-0.2, 0) is 13.5 Å². The summed E-state index contributed by atoms with van der Waals surface area (Å²) < 4.78 is 1.76. The van der Waals surface area contributed by atoms with E-state index < -0.39 is 0 Å². The van der Waals surface area contributed by atoms with Crippen LogP contribution in [0.25, 0.3) is 0 Å². The molecule has 0 aliphatic carbocycles. The van der Waals surface area contributed by atoms with Crippen LogP contribution in [0.15, 0.2) is 6.20 Å². The van der Waals surface area contributed by atoms with Crippen molar-refractivity contribution in [3.05, 3.63) is 11.9 Å². The first-order valence-corrected chi connectivity index (χ1v) is 6.86. The number of hydrogen-bond acceptors (Lipinski definition) is 4. The van der Waals surface area contributed by atoms with Crippen LogP contribution in [0.4, 0.5) is 0 Å². The predicted molar refractivity (Wildman–Crippen MR) is 69.8 cm³/mol. The van der Waals surface area contributed by atoms with Gasteiger partial charge in [0, 0.05) is 31.5 Å². The summed E-state index contributed by atoms with van der Waals surface area (Å²) in [7, 11) is 1.90. The Kier molecular flexibility index (Phi) is 5.84. The summed E-state index contributed by atoms with van der Waals surface area (Å²) in [6.07, 6.45) is 2.95. The van der Waals surface area contributed by atoms with Crippen LogP contribution >= 0.6 is 11.8 Å². The van der Waals surface area contributed by atoms with Gasteiger partial charge in [-0.2, -0.15) is 11.8 Å². The average Bonchev–Trinajstić information content (AvgIpc) is 2.61. The maximum absolute atomic E-state index is 4.13. The first-order chi connectivity index (χ1) is 7.61. The lowest BCUT2D eigenvalue weighted by molar-refractivity contribution is 0.565. The monoisotopic (exact) mass is 242 g/mol. The van der Waals surface area contributed by atoms with Crippen molar-refractivity contribution in [3.63, 3.8) is 0 Å². The first-order valence-electron chi connectivity index (χ1n) is 5.82. The second-order valence-corrected chi connectivity index (χ2v) is 5.83. The van der Waals surface area contributed by atoms with Crippen molar-refractivity contribution in [1.29, 1.82) is 0 Å². The SMILES string of the molecule is CCNC(CSC(C)C)Cc1cn(C)nn1. The van der Waals surface area contributed by atoms with E-state index in [2.05, 4.69) is 36.4 Å². The fourth-order valence-electron chi connectivity index (χ4n) is 1.53. The van der Waals surface area contributed by atoms with Crippen molar-refractivity contribution in [1.82, 2.24) is 20.3 Å². The Morgan fingerprint density at radius 3 is 2.75 bits per heavy atom. The summed E-state index contributed by atoms with van der Waals surface area (Å²) in [6.45, 7) is 7.61. The van der Waals surface area contributed by atoms with Gasteiger partial charge in [-0.25, -0.2) is 0 Å². The molecule has 0 aliphatic rings. The average molecular weight is 242 g/mol. The highest BCUT2D eigenvalue weighted by Crippen LogP contribution is 2.12. The molecule has 4 nitrogen and oxygen atoms in total. The number of hydrogen-bond donors (Lipinski definition) is 1. The van der Waals surface area contributed by atoms with E-state index in [1.165, 1.54) is 0 Å². The highest BCUT2D eigenvalue weighted by molar-refractivity contribution is 7.99. The normalized spacial score (nSPS) is 13.3. The molecule has 0 radical (unpaired) electrons. The molecular formula is C11H22N4S. The van der Waals surface area contributed by atoms with Crippen molar-refractivity contribution in [2.45, 2.75) is 38.5 Å². The third kappa shape index (κ3) is 4.99. The number of nitrogens with one attached hydrogen (secondary N) is 1. The Labute approximate surface area is 102 Å². The Morgan fingerprint density at radius 1 is 1.50 bits per heavy atom. The smallest absolute Gasteiger partial charge is 0.0842 e. The number of nitrogens with zero attached hydrogens (tertiary/aromatic N) is 3. The number of aromatic nitrogens is 3. The Morgan fingerprint density at radius 2 is 2.25 bits per heavy atom. The molecule has 0 aliphatic heterocycles. The van der Waals surface area contributed by atoms with Gasteiger partial charge in [0.2, 0.25) is 0 Å². The van der Waals surface area contributed by atoms with Gasteiger partial charge in [0.05, 0.1) is 5.69 Å². The summed E-state index contributed by atoms with van der Waals surface area (Å²) >= 11 is 1.99. The van der Waals surface area contributed by atoms with Gasteiger partial charge in [-0.1, -0.05) is 26.0 Å². The zero-order valence-corrected chi connectivity index (χ0v) is 11.4. The zero-order chi connectivity index (χ0) is 12.0. The summed E-state index contributed by atoms with van der Waals surface area (Å²) in [5, 5.41) is 12.3. The van der Waals surface area contributed by atoms with Gasteiger partial charge in [0.25, 0.3) is 0 Å². The predicted octanol–water partition coefficient (Wildman–Crippen LogP) is 1.48. The highest BCUT2D eigenvalue weighted by atomic mass is 32.2. The molecule has 1 heterocycles. The largest absolute Gasteiger partial charge is 0.313 e. The minimum Gasteiger partial charge on any atom is -0.313 e. The molecule has 16 heavy (non-hydrogen) atoms. The van der Waals surface area contributed by atoms with Crippen LogP contribution in [0.2, 0.25) is 0 Å². The standard InChI is InChI=1S/C11H22N4S/c1-5-12-11(8-16-9(2)3)6-10-7-15(4)14-13-10/h7,9,11-12H,5-6,8H2,1-4H3. The maximum atomic E-state index is 4.13. The molecular weight excluding hydrogens is 220 g/mol. The molecule has 0 amide bonds. The molecule has 0 spiro atoms.